The molecule has 1 heterocycles. The predicted molar refractivity (Wildman–Crippen MR) is 65.5 cm³/mol. The van der Waals surface area contributed by atoms with Gasteiger partial charge in [-0.2, -0.15) is 0 Å². The molecule has 0 bridgehead atoms. The number of carbonyl (C=O) groups excluding carboxylic acids is 1. The third kappa shape index (κ3) is 3.19. The lowest BCUT2D eigenvalue weighted by Crippen LogP contribution is -2.27. The zero-order valence-electron chi connectivity index (χ0n) is 9.53. The van der Waals surface area contributed by atoms with Gasteiger partial charge in [0.1, 0.15) is 5.82 Å². The number of benzene rings is 1. The van der Waals surface area contributed by atoms with Crippen LogP contribution >= 0.6 is 11.6 Å². The minimum absolute atomic E-state index is 0.159. The summed E-state index contributed by atoms with van der Waals surface area (Å²) >= 11 is 5.75. The summed E-state index contributed by atoms with van der Waals surface area (Å²) in [5.74, 6) is 0.736. The SMILES string of the molecule is O=C1CC(CCl)CN1CCc1cccc(F)c1. The van der Waals surface area contributed by atoms with E-state index in [0.29, 0.717) is 25.3 Å². The summed E-state index contributed by atoms with van der Waals surface area (Å²) in [5, 5.41) is 0. The van der Waals surface area contributed by atoms with E-state index >= 15 is 0 Å². The van der Waals surface area contributed by atoms with Gasteiger partial charge in [-0.15, -0.1) is 11.6 Å². The van der Waals surface area contributed by atoms with Gasteiger partial charge in [0.15, 0.2) is 0 Å². The number of hydrogen-bond acceptors (Lipinski definition) is 1. The quantitative estimate of drug-likeness (QED) is 0.757. The van der Waals surface area contributed by atoms with Crippen molar-refractivity contribution in [1.29, 1.82) is 0 Å². The monoisotopic (exact) mass is 255 g/mol. The van der Waals surface area contributed by atoms with Crippen molar-refractivity contribution in [2.45, 2.75) is 12.8 Å². The molecule has 1 unspecified atom stereocenters. The van der Waals surface area contributed by atoms with Crippen molar-refractivity contribution in [1.82, 2.24) is 4.90 Å². The molecule has 1 amide bonds. The molecule has 2 nitrogen and oxygen atoms in total. The third-order valence-corrected chi connectivity index (χ3v) is 3.51. The predicted octanol–water partition coefficient (Wildman–Crippen LogP) is 2.46. The number of rotatable bonds is 4. The number of hydrogen-bond donors (Lipinski definition) is 0. The highest BCUT2D eigenvalue weighted by Crippen LogP contribution is 2.19. The molecule has 1 aliphatic rings. The number of alkyl halides is 1. The molecular weight excluding hydrogens is 241 g/mol. The van der Waals surface area contributed by atoms with Crippen molar-refractivity contribution in [3.63, 3.8) is 0 Å². The van der Waals surface area contributed by atoms with Crippen LogP contribution in [-0.4, -0.2) is 29.8 Å². The van der Waals surface area contributed by atoms with Crippen LogP contribution in [0.1, 0.15) is 12.0 Å². The number of halogens is 2. The van der Waals surface area contributed by atoms with E-state index in [1.807, 2.05) is 11.0 Å². The Morgan fingerprint density at radius 1 is 1.47 bits per heavy atom. The van der Waals surface area contributed by atoms with Crippen molar-refractivity contribution in [3.05, 3.63) is 35.6 Å². The molecule has 1 fully saturated rings. The van der Waals surface area contributed by atoms with Crippen LogP contribution in [0.4, 0.5) is 4.39 Å². The standard InChI is InChI=1S/C13H15ClFNO/c14-8-11-7-13(17)16(9-11)5-4-10-2-1-3-12(15)6-10/h1-3,6,11H,4-5,7-9H2. The van der Waals surface area contributed by atoms with Gasteiger partial charge in [-0.25, -0.2) is 4.39 Å². The average molecular weight is 256 g/mol. The molecule has 0 N–H and O–H groups in total. The fourth-order valence-electron chi connectivity index (χ4n) is 2.13. The van der Waals surface area contributed by atoms with Crippen LogP contribution in [0.25, 0.3) is 0 Å². The largest absolute Gasteiger partial charge is 0.342 e. The zero-order valence-corrected chi connectivity index (χ0v) is 10.3. The molecule has 0 saturated carbocycles. The number of nitrogens with zero attached hydrogens (tertiary/aromatic N) is 1. The fraction of sp³-hybridized carbons (Fsp3) is 0.462. The summed E-state index contributed by atoms with van der Waals surface area (Å²) in [6.07, 6.45) is 1.24. The lowest BCUT2D eigenvalue weighted by atomic mass is 10.1. The Balaban J connectivity index is 1.88. The van der Waals surface area contributed by atoms with Gasteiger partial charge in [-0.1, -0.05) is 12.1 Å². The number of carbonyl (C=O) groups is 1. The first kappa shape index (κ1) is 12.4. The second-order valence-electron chi connectivity index (χ2n) is 4.44. The van der Waals surface area contributed by atoms with Gasteiger partial charge >= 0.3 is 0 Å². The van der Waals surface area contributed by atoms with Gasteiger partial charge in [-0.3, -0.25) is 4.79 Å². The Labute approximate surface area is 105 Å². The molecule has 1 aromatic rings. The maximum atomic E-state index is 13.0. The van der Waals surface area contributed by atoms with Gasteiger partial charge in [-0.05, 0) is 30.0 Å². The van der Waals surface area contributed by atoms with Crippen molar-refractivity contribution in [3.8, 4) is 0 Å². The normalized spacial score (nSPS) is 20.0. The molecule has 1 aliphatic heterocycles. The molecule has 17 heavy (non-hydrogen) atoms. The first-order chi connectivity index (χ1) is 8.19. The Morgan fingerprint density at radius 2 is 2.29 bits per heavy atom. The molecule has 2 rings (SSSR count). The molecule has 0 aliphatic carbocycles. The molecule has 0 aromatic heterocycles. The van der Waals surface area contributed by atoms with Crippen LogP contribution in [0.3, 0.4) is 0 Å². The second-order valence-corrected chi connectivity index (χ2v) is 4.75. The molecule has 0 spiro atoms. The molecular formula is C13H15ClFNO. The minimum Gasteiger partial charge on any atom is -0.342 e. The summed E-state index contributed by atoms with van der Waals surface area (Å²) in [7, 11) is 0. The smallest absolute Gasteiger partial charge is 0.222 e. The lowest BCUT2D eigenvalue weighted by molar-refractivity contribution is -0.127. The van der Waals surface area contributed by atoms with Crippen LogP contribution < -0.4 is 0 Å². The highest BCUT2D eigenvalue weighted by Gasteiger charge is 2.28. The van der Waals surface area contributed by atoms with Crippen LogP contribution in [0.15, 0.2) is 24.3 Å². The van der Waals surface area contributed by atoms with Crippen molar-refractivity contribution < 1.29 is 9.18 Å². The topological polar surface area (TPSA) is 20.3 Å². The Hall–Kier alpha value is -1.09. The minimum atomic E-state index is -0.228. The first-order valence-electron chi connectivity index (χ1n) is 5.77. The molecule has 4 heteroatoms. The highest BCUT2D eigenvalue weighted by atomic mass is 35.5. The van der Waals surface area contributed by atoms with Gasteiger partial charge in [0.25, 0.3) is 0 Å². The van der Waals surface area contributed by atoms with Gasteiger partial charge < -0.3 is 4.90 Å². The van der Waals surface area contributed by atoms with Crippen LogP contribution in [-0.2, 0) is 11.2 Å². The number of likely N-dealkylation sites (tertiary alicyclic amines) is 1. The highest BCUT2D eigenvalue weighted by molar-refractivity contribution is 6.18. The van der Waals surface area contributed by atoms with Crippen molar-refractivity contribution >= 4 is 17.5 Å². The lowest BCUT2D eigenvalue weighted by Gasteiger charge is -2.16. The molecule has 92 valence electrons. The molecule has 1 atom stereocenters. The summed E-state index contributed by atoms with van der Waals surface area (Å²) in [6, 6.07) is 6.51. The second kappa shape index (κ2) is 5.50. The maximum Gasteiger partial charge on any atom is 0.222 e. The summed E-state index contributed by atoms with van der Waals surface area (Å²) < 4.78 is 13.0. The summed E-state index contributed by atoms with van der Waals surface area (Å²) in [6.45, 7) is 1.38. The molecule has 0 radical (unpaired) electrons. The van der Waals surface area contributed by atoms with Crippen molar-refractivity contribution in [2.24, 2.45) is 5.92 Å². The van der Waals surface area contributed by atoms with Gasteiger partial charge in [0.05, 0.1) is 0 Å². The van der Waals surface area contributed by atoms with E-state index in [4.69, 9.17) is 11.6 Å². The fourth-order valence-corrected chi connectivity index (χ4v) is 2.34. The Morgan fingerprint density at radius 3 is 2.94 bits per heavy atom. The van der Waals surface area contributed by atoms with Crippen LogP contribution in [0.2, 0.25) is 0 Å². The Kier molecular flexibility index (Phi) is 4.00. The van der Waals surface area contributed by atoms with E-state index in [1.54, 1.807) is 6.07 Å². The van der Waals surface area contributed by atoms with Gasteiger partial charge in [0.2, 0.25) is 5.91 Å². The van der Waals surface area contributed by atoms with E-state index in [-0.39, 0.29) is 17.6 Å². The van der Waals surface area contributed by atoms with E-state index in [1.165, 1.54) is 12.1 Å². The van der Waals surface area contributed by atoms with E-state index < -0.39 is 0 Å². The summed E-state index contributed by atoms with van der Waals surface area (Å²) in [4.78, 5) is 13.4. The van der Waals surface area contributed by atoms with E-state index in [2.05, 4.69) is 0 Å². The van der Waals surface area contributed by atoms with Gasteiger partial charge in [0, 0.05) is 25.4 Å². The van der Waals surface area contributed by atoms with Crippen molar-refractivity contribution in [2.75, 3.05) is 19.0 Å². The van der Waals surface area contributed by atoms with Crippen LogP contribution in [0.5, 0.6) is 0 Å². The van der Waals surface area contributed by atoms with Crippen LogP contribution in [0, 0.1) is 11.7 Å². The maximum absolute atomic E-state index is 13.0. The van der Waals surface area contributed by atoms with E-state index in [0.717, 1.165) is 12.1 Å². The molecule has 1 aromatic carbocycles. The zero-order chi connectivity index (χ0) is 12.3. The first-order valence-corrected chi connectivity index (χ1v) is 6.30. The summed E-state index contributed by atoms with van der Waals surface area (Å²) in [5.41, 5.74) is 0.923. The molecule has 1 saturated heterocycles. The van der Waals surface area contributed by atoms with E-state index in [9.17, 15) is 9.18 Å². The average Bonchev–Trinajstić information content (AvgIpc) is 2.68. The number of amides is 1. The third-order valence-electron chi connectivity index (χ3n) is 3.07. The Bertz CT molecular complexity index is 410.